The van der Waals surface area contributed by atoms with E-state index < -0.39 is 0 Å². The predicted molar refractivity (Wildman–Crippen MR) is 84.7 cm³/mol. The Morgan fingerprint density at radius 2 is 2.11 bits per heavy atom. The van der Waals surface area contributed by atoms with Crippen molar-refractivity contribution in [3.63, 3.8) is 0 Å². The average Bonchev–Trinajstić information content (AvgIpc) is 2.34. The van der Waals surface area contributed by atoms with Crippen molar-refractivity contribution in [1.82, 2.24) is 4.90 Å². The van der Waals surface area contributed by atoms with E-state index >= 15 is 0 Å². The van der Waals surface area contributed by atoms with Crippen LogP contribution in [0.1, 0.15) is 25.5 Å². The van der Waals surface area contributed by atoms with E-state index in [2.05, 4.69) is 27.9 Å². The number of hydrogen-bond donors (Lipinski definition) is 1. The van der Waals surface area contributed by atoms with Gasteiger partial charge in [0.15, 0.2) is 0 Å². The van der Waals surface area contributed by atoms with Crippen molar-refractivity contribution in [2.24, 2.45) is 5.73 Å². The quantitative estimate of drug-likeness (QED) is 0.819. The smallest absolute Gasteiger partial charge is 0.0597 e. The van der Waals surface area contributed by atoms with Gasteiger partial charge in [-0.05, 0) is 44.7 Å². The highest BCUT2D eigenvalue weighted by atomic mass is 79.9. The summed E-state index contributed by atoms with van der Waals surface area (Å²) in [5, 5.41) is 0.725. The minimum Gasteiger partial charge on any atom is -0.377 e. The summed E-state index contributed by atoms with van der Waals surface area (Å²) in [6, 6.07) is 5.91. The molecule has 1 unspecified atom stereocenters. The maximum atomic E-state index is 6.06. The molecule has 5 heteroatoms. The molecule has 2 N–H and O–H groups in total. The number of rotatable bonds is 7. The molecule has 0 saturated heterocycles. The number of halogens is 2. The summed E-state index contributed by atoms with van der Waals surface area (Å²) in [4.78, 5) is 2.19. The van der Waals surface area contributed by atoms with Gasteiger partial charge >= 0.3 is 0 Å². The second-order valence-electron chi connectivity index (χ2n) is 4.82. The average molecular weight is 350 g/mol. The van der Waals surface area contributed by atoms with Crippen molar-refractivity contribution in [3.8, 4) is 0 Å². The molecule has 1 rings (SSSR count). The van der Waals surface area contributed by atoms with Crippen molar-refractivity contribution in [3.05, 3.63) is 33.3 Å². The zero-order chi connectivity index (χ0) is 14.4. The van der Waals surface area contributed by atoms with Crippen molar-refractivity contribution in [2.75, 3.05) is 26.7 Å². The van der Waals surface area contributed by atoms with Crippen LogP contribution in [0.5, 0.6) is 0 Å². The molecule has 0 amide bonds. The maximum absolute atomic E-state index is 6.06. The summed E-state index contributed by atoms with van der Waals surface area (Å²) in [5.74, 6) is 0. The minimum absolute atomic E-state index is 0.129. The van der Waals surface area contributed by atoms with Gasteiger partial charge in [0.25, 0.3) is 0 Å². The lowest BCUT2D eigenvalue weighted by molar-refractivity contribution is 0.0564. The van der Waals surface area contributed by atoms with Gasteiger partial charge in [0.1, 0.15) is 0 Å². The van der Waals surface area contributed by atoms with Gasteiger partial charge in [-0.25, -0.2) is 0 Å². The van der Waals surface area contributed by atoms with Crippen LogP contribution in [-0.4, -0.2) is 37.7 Å². The first-order chi connectivity index (χ1) is 8.95. The zero-order valence-corrected chi connectivity index (χ0v) is 14.0. The first-order valence-electron chi connectivity index (χ1n) is 6.42. The Hall–Kier alpha value is -0.130. The zero-order valence-electron chi connectivity index (χ0n) is 11.7. The molecule has 0 saturated carbocycles. The summed E-state index contributed by atoms with van der Waals surface area (Å²) >= 11 is 9.62. The number of nitrogens with two attached hydrogens (primary N) is 1. The van der Waals surface area contributed by atoms with Gasteiger partial charge in [0, 0.05) is 28.6 Å². The fourth-order valence-electron chi connectivity index (χ4n) is 1.90. The monoisotopic (exact) mass is 348 g/mol. The summed E-state index contributed by atoms with van der Waals surface area (Å²) in [6.45, 7) is 6.14. The van der Waals surface area contributed by atoms with Gasteiger partial charge < -0.3 is 10.5 Å². The van der Waals surface area contributed by atoms with E-state index in [0.717, 1.165) is 21.6 Å². The molecule has 1 atom stereocenters. The Bertz CT molecular complexity index is 401. The molecule has 0 radical (unpaired) electrons. The number of nitrogens with zero attached hydrogens (tertiary/aromatic N) is 1. The van der Waals surface area contributed by atoms with Crippen molar-refractivity contribution in [2.45, 2.75) is 26.0 Å². The first-order valence-corrected chi connectivity index (χ1v) is 7.59. The van der Waals surface area contributed by atoms with Gasteiger partial charge in [0.2, 0.25) is 0 Å². The summed E-state index contributed by atoms with van der Waals surface area (Å²) in [7, 11) is 2.05. The van der Waals surface area contributed by atoms with Crippen LogP contribution in [0.25, 0.3) is 0 Å². The van der Waals surface area contributed by atoms with Crippen LogP contribution < -0.4 is 5.73 Å². The third-order valence-corrected chi connectivity index (χ3v) is 3.92. The Morgan fingerprint density at radius 3 is 2.68 bits per heavy atom. The second-order valence-corrected chi connectivity index (χ2v) is 6.11. The molecular formula is C14H22BrClN2O. The number of likely N-dealkylation sites (N-methyl/N-ethyl adjacent to an activating group) is 1. The molecule has 0 heterocycles. The molecule has 0 bridgehead atoms. The molecule has 1 aromatic rings. The van der Waals surface area contributed by atoms with E-state index in [0.29, 0.717) is 13.2 Å². The first kappa shape index (κ1) is 16.9. The normalized spacial score (nSPS) is 13.3. The van der Waals surface area contributed by atoms with E-state index in [-0.39, 0.29) is 12.1 Å². The second kappa shape index (κ2) is 8.22. The highest BCUT2D eigenvalue weighted by molar-refractivity contribution is 9.10. The fourth-order valence-corrected chi connectivity index (χ4v) is 2.59. The van der Waals surface area contributed by atoms with Crippen LogP contribution in [-0.2, 0) is 4.74 Å². The van der Waals surface area contributed by atoms with Gasteiger partial charge in [-0.1, -0.05) is 27.5 Å². The van der Waals surface area contributed by atoms with E-state index in [9.17, 15) is 0 Å². The number of hydrogen-bond acceptors (Lipinski definition) is 3. The molecule has 0 aliphatic carbocycles. The highest BCUT2D eigenvalue weighted by Crippen LogP contribution is 2.29. The van der Waals surface area contributed by atoms with E-state index in [4.69, 9.17) is 22.1 Å². The third kappa shape index (κ3) is 5.40. The molecule has 19 heavy (non-hydrogen) atoms. The van der Waals surface area contributed by atoms with Crippen LogP contribution in [0.2, 0.25) is 5.02 Å². The van der Waals surface area contributed by atoms with E-state index in [1.165, 1.54) is 0 Å². The highest BCUT2D eigenvalue weighted by Gasteiger charge is 2.18. The standard InChI is InChI=1S/C14H22BrClN2O/c1-10(2)19-7-6-18(3)14(9-17)12-8-11(16)4-5-13(12)15/h4-5,8,10,14H,6-7,9,17H2,1-3H3. The Kier molecular flexibility index (Phi) is 7.32. The van der Waals surface area contributed by atoms with Crippen LogP contribution in [0.3, 0.4) is 0 Å². The summed E-state index contributed by atoms with van der Waals surface area (Å²) in [5.41, 5.74) is 7.02. The lowest BCUT2D eigenvalue weighted by Crippen LogP contribution is -2.33. The van der Waals surface area contributed by atoms with Gasteiger partial charge in [-0.3, -0.25) is 4.90 Å². The Labute approximate surface area is 129 Å². The molecule has 108 valence electrons. The molecule has 0 aromatic heterocycles. The molecule has 3 nitrogen and oxygen atoms in total. The summed E-state index contributed by atoms with van der Waals surface area (Å²) < 4.78 is 6.61. The molecule has 0 aliphatic rings. The molecule has 0 fully saturated rings. The predicted octanol–water partition coefficient (Wildman–Crippen LogP) is 3.46. The van der Waals surface area contributed by atoms with Crippen molar-refractivity contribution in [1.29, 1.82) is 0 Å². The van der Waals surface area contributed by atoms with Crippen LogP contribution in [0.15, 0.2) is 22.7 Å². The van der Waals surface area contributed by atoms with Crippen LogP contribution in [0.4, 0.5) is 0 Å². The van der Waals surface area contributed by atoms with Gasteiger partial charge in [-0.15, -0.1) is 0 Å². The Balaban J connectivity index is 2.73. The Morgan fingerprint density at radius 1 is 1.42 bits per heavy atom. The van der Waals surface area contributed by atoms with Gasteiger partial charge in [-0.2, -0.15) is 0 Å². The lowest BCUT2D eigenvalue weighted by Gasteiger charge is -2.28. The maximum Gasteiger partial charge on any atom is 0.0597 e. The minimum atomic E-state index is 0.129. The summed E-state index contributed by atoms with van der Waals surface area (Å²) in [6.07, 6.45) is 0.252. The van der Waals surface area contributed by atoms with Gasteiger partial charge in [0.05, 0.1) is 12.7 Å². The molecule has 0 spiro atoms. The van der Waals surface area contributed by atoms with Crippen LogP contribution in [0, 0.1) is 0 Å². The van der Waals surface area contributed by atoms with E-state index in [1.807, 2.05) is 32.0 Å². The molecule has 1 aromatic carbocycles. The van der Waals surface area contributed by atoms with E-state index in [1.54, 1.807) is 0 Å². The lowest BCUT2D eigenvalue weighted by atomic mass is 10.1. The molecule has 0 aliphatic heterocycles. The number of ether oxygens (including phenoxy) is 1. The fraction of sp³-hybridized carbons (Fsp3) is 0.571. The largest absolute Gasteiger partial charge is 0.377 e. The van der Waals surface area contributed by atoms with Crippen molar-refractivity contribution >= 4 is 27.5 Å². The molecular weight excluding hydrogens is 328 g/mol. The van der Waals surface area contributed by atoms with Crippen molar-refractivity contribution < 1.29 is 4.74 Å². The number of benzene rings is 1. The van der Waals surface area contributed by atoms with Crippen LogP contribution >= 0.6 is 27.5 Å². The SMILES string of the molecule is CC(C)OCCN(C)C(CN)c1cc(Cl)ccc1Br. The topological polar surface area (TPSA) is 38.5 Å². The third-order valence-electron chi connectivity index (χ3n) is 2.97.